The highest BCUT2D eigenvalue weighted by molar-refractivity contribution is 7.89. The van der Waals surface area contributed by atoms with Gasteiger partial charge in [-0.3, -0.25) is 0 Å². The van der Waals surface area contributed by atoms with Crippen molar-refractivity contribution < 1.29 is 35.9 Å². The normalized spacial score (nSPS) is 12.4. The zero-order chi connectivity index (χ0) is 14.8. The van der Waals surface area contributed by atoms with Gasteiger partial charge in [-0.15, -0.1) is 0 Å². The summed E-state index contributed by atoms with van der Waals surface area (Å²) in [5.74, 6) is -2.92. The Hall–Kier alpha value is -1.68. The molecule has 0 unspecified atom stereocenters. The van der Waals surface area contributed by atoms with Gasteiger partial charge in [0.05, 0.1) is 10.5 Å². The average molecular weight is 301 g/mol. The molecule has 19 heavy (non-hydrogen) atoms. The summed E-state index contributed by atoms with van der Waals surface area (Å²) in [6.07, 6.45) is -4.76. The lowest BCUT2D eigenvalue weighted by Crippen LogP contribution is -2.33. The van der Waals surface area contributed by atoms with E-state index in [1.165, 1.54) is 4.72 Å². The number of benzene rings is 1. The second kappa shape index (κ2) is 5.13. The molecule has 0 fully saturated rings. The minimum absolute atomic E-state index is 0.441. The molecular formula is C9H7F4NO4S. The van der Waals surface area contributed by atoms with Crippen LogP contribution in [-0.4, -0.2) is 32.2 Å². The van der Waals surface area contributed by atoms with Crippen molar-refractivity contribution in [2.24, 2.45) is 0 Å². The Labute approximate surface area is 104 Å². The van der Waals surface area contributed by atoms with Gasteiger partial charge in [-0.2, -0.15) is 13.2 Å². The van der Waals surface area contributed by atoms with E-state index in [4.69, 9.17) is 5.11 Å². The molecule has 0 spiro atoms. The van der Waals surface area contributed by atoms with Crippen molar-refractivity contribution in [2.45, 2.75) is 11.1 Å². The SMILES string of the molecule is O=C(O)c1cc(S(=O)(=O)NCC(F)(F)F)ccc1F. The van der Waals surface area contributed by atoms with E-state index in [0.29, 0.717) is 18.2 Å². The Morgan fingerprint density at radius 1 is 1.32 bits per heavy atom. The molecule has 0 aliphatic heterocycles. The number of carboxylic acids is 1. The molecule has 0 bridgehead atoms. The summed E-state index contributed by atoms with van der Waals surface area (Å²) in [7, 11) is -4.57. The van der Waals surface area contributed by atoms with Gasteiger partial charge in [0.25, 0.3) is 0 Å². The van der Waals surface area contributed by atoms with Crippen molar-refractivity contribution in [1.29, 1.82) is 0 Å². The molecule has 1 rings (SSSR count). The number of hydrogen-bond donors (Lipinski definition) is 2. The highest BCUT2D eigenvalue weighted by Crippen LogP contribution is 2.17. The van der Waals surface area contributed by atoms with Gasteiger partial charge in [-0.25, -0.2) is 22.3 Å². The number of halogens is 4. The molecule has 10 heteroatoms. The summed E-state index contributed by atoms with van der Waals surface area (Å²) in [6.45, 7) is -1.81. The largest absolute Gasteiger partial charge is 0.478 e. The number of sulfonamides is 1. The van der Waals surface area contributed by atoms with Crippen LogP contribution in [0.5, 0.6) is 0 Å². The van der Waals surface area contributed by atoms with E-state index >= 15 is 0 Å². The third kappa shape index (κ3) is 4.17. The monoisotopic (exact) mass is 301 g/mol. The molecule has 1 aromatic rings. The van der Waals surface area contributed by atoms with Crippen LogP contribution in [0, 0.1) is 5.82 Å². The Morgan fingerprint density at radius 2 is 1.89 bits per heavy atom. The minimum Gasteiger partial charge on any atom is -0.478 e. The predicted molar refractivity (Wildman–Crippen MR) is 54.6 cm³/mol. The van der Waals surface area contributed by atoms with Crippen LogP contribution < -0.4 is 4.72 Å². The van der Waals surface area contributed by atoms with Crippen LogP contribution >= 0.6 is 0 Å². The van der Waals surface area contributed by atoms with Crippen LogP contribution in [0.25, 0.3) is 0 Å². The number of alkyl halides is 3. The fourth-order valence-corrected chi connectivity index (χ4v) is 2.14. The molecule has 5 nitrogen and oxygen atoms in total. The highest BCUT2D eigenvalue weighted by atomic mass is 32.2. The molecule has 0 heterocycles. The van der Waals surface area contributed by atoms with Crippen molar-refractivity contribution in [3.05, 3.63) is 29.6 Å². The van der Waals surface area contributed by atoms with Crippen LogP contribution in [0.2, 0.25) is 0 Å². The van der Waals surface area contributed by atoms with Crippen molar-refractivity contribution in [3.8, 4) is 0 Å². The van der Waals surface area contributed by atoms with E-state index in [2.05, 4.69) is 0 Å². The average Bonchev–Trinajstić information content (AvgIpc) is 2.25. The number of aromatic carboxylic acids is 1. The standard InChI is InChI=1S/C9H7F4NO4S/c10-7-2-1-5(3-6(7)8(15)16)19(17,18)14-4-9(11,12)13/h1-3,14H,4H2,(H,15,16). The molecule has 0 aliphatic carbocycles. The Bertz CT molecular complexity index is 597. The first-order valence-electron chi connectivity index (χ1n) is 4.62. The summed E-state index contributed by atoms with van der Waals surface area (Å²) in [5, 5.41) is 8.58. The number of hydrogen-bond acceptors (Lipinski definition) is 3. The van der Waals surface area contributed by atoms with Gasteiger partial charge in [0, 0.05) is 0 Å². The molecule has 0 aliphatic rings. The van der Waals surface area contributed by atoms with Crippen molar-refractivity contribution in [3.63, 3.8) is 0 Å². The molecule has 1 aromatic carbocycles. The molecule has 0 radical (unpaired) electrons. The van der Waals surface area contributed by atoms with E-state index in [1.54, 1.807) is 0 Å². The van der Waals surface area contributed by atoms with Crippen LogP contribution in [-0.2, 0) is 10.0 Å². The summed E-state index contributed by atoms with van der Waals surface area (Å²) in [4.78, 5) is 9.81. The van der Waals surface area contributed by atoms with Crippen LogP contribution in [0.15, 0.2) is 23.1 Å². The number of nitrogens with one attached hydrogen (secondary N) is 1. The Morgan fingerprint density at radius 3 is 2.37 bits per heavy atom. The summed E-state index contributed by atoms with van der Waals surface area (Å²) in [5.41, 5.74) is -0.949. The molecule has 0 aromatic heterocycles. The zero-order valence-corrected chi connectivity index (χ0v) is 9.85. The van der Waals surface area contributed by atoms with Gasteiger partial charge in [-0.05, 0) is 18.2 Å². The Kier molecular flexibility index (Phi) is 4.15. The third-order valence-corrected chi connectivity index (χ3v) is 3.34. The van der Waals surface area contributed by atoms with Crippen LogP contribution in [0.1, 0.15) is 10.4 Å². The maximum atomic E-state index is 13.0. The summed E-state index contributed by atoms with van der Waals surface area (Å²) >= 11 is 0. The second-order valence-electron chi connectivity index (χ2n) is 3.39. The maximum Gasteiger partial charge on any atom is 0.402 e. The summed E-state index contributed by atoms with van der Waals surface area (Å²) in [6, 6.07) is 1.66. The maximum absolute atomic E-state index is 13.0. The van der Waals surface area contributed by atoms with Crippen molar-refractivity contribution in [1.82, 2.24) is 4.72 Å². The van der Waals surface area contributed by atoms with Crippen molar-refractivity contribution in [2.75, 3.05) is 6.54 Å². The lowest BCUT2D eigenvalue weighted by molar-refractivity contribution is -0.121. The first-order chi connectivity index (χ1) is 8.53. The molecule has 0 amide bonds. The molecule has 2 N–H and O–H groups in total. The fourth-order valence-electron chi connectivity index (χ4n) is 1.10. The summed E-state index contributed by atoms with van der Waals surface area (Å²) < 4.78 is 72.8. The van der Waals surface area contributed by atoms with E-state index in [-0.39, 0.29) is 0 Å². The van der Waals surface area contributed by atoms with Crippen LogP contribution in [0.3, 0.4) is 0 Å². The number of rotatable bonds is 4. The van der Waals surface area contributed by atoms with Crippen LogP contribution in [0.4, 0.5) is 17.6 Å². The second-order valence-corrected chi connectivity index (χ2v) is 5.15. The first kappa shape index (κ1) is 15.4. The molecular weight excluding hydrogens is 294 g/mol. The molecule has 106 valence electrons. The van der Waals surface area contributed by atoms with Gasteiger partial charge in [-0.1, -0.05) is 0 Å². The topological polar surface area (TPSA) is 83.5 Å². The van der Waals surface area contributed by atoms with Gasteiger partial charge < -0.3 is 5.11 Å². The first-order valence-corrected chi connectivity index (χ1v) is 6.10. The zero-order valence-electron chi connectivity index (χ0n) is 9.03. The van der Waals surface area contributed by atoms with E-state index < -0.39 is 45.0 Å². The predicted octanol–water partition coefficient (Wildman–Crippen LogP) is 1.36. The van der Waals surface area contributed by atoms with Crippen molar-refractivity contribution >= 4 is 16.0 Å². The van der Waals surface area contributed by atoms with Gasteiger partial charge in [0.1, 0.15) is 12.4 Å². The third-order valence-electron chi connectivity index (χ3n) is 1.94. The van der Waals surface area contributed by atoms with E-state index in [1.807, 2.05) is 0 Å². The smallest absolute Gasteiger partial charge is 0.402 e. The van der Waals surface area contributed by atoms with E-state index in [0.717, 1.165) is 0 Å². The van der Waals surface area contributed by atoms with E-state index in [9.17, 15) is 30.8 Å². The Balaban J connectivity index is 3.09. The quantitative estimate of drug-likeness (QED) is 0.823. The minimum atomic E-state index is -4.76. The lowest BCUT2D eigenvalue weighted by Gasteiger charge is -2.09. The number of carboxylic acid groups (broad SMARTS) is 1. The van der Waals surface area contributed by atoms with Gasteiger partial charge in [0.15, 0.2) is 0 Å². The molecule has 0 atom stereocenters. The van der Waals surface area contributed by atoms with Gasteiger partial charge in [0.2, 0.25) is 10.0 Å². The van der Waals surface area contributed by atoms with Gasteiger partial charge >= 0.3 is 12.1 Å². The molecule has 0 saturated heterocycles. The number of carbonyl (C=O) groups is 1. The highest BCUT2D eigenvalue weighted by Gasteiger charge is 2.30. The fraction of sp³-hybridized carbons (Fsp3) is 0.222. The lowest BCUT2D eigenvalue weighted by atomic mass is 10.2. The molecule has 0 saturated carbocycles.